The lowest BCUT2D eigenvalue weighted by Crippen LogP contribution is -2.17. The van der Waals surface area contributed by atoms with Crippen LogP contribution < -0.4 is 4.90 Å². The third-order valence-corrected chi connectivity index (χ3v) is 11.9. The van der Waals surface area contributed by atoms with Crippen molar-refractivity contribution >= 4 is 86.5 Å². The molecule has 0 N–H and O–H groups in total. The largest absolute Gasteiger partial charge is 0.455 e. The first-order valence-electron chi connectivity index (χ1n) is 17.8. The number of aromatic nitrogens is 1. The first-order chi connectivity index (χ1) is 25.7. The van der Waals surface area contributed by atoms with Crippen molar-refractivity contribution < 1.29 is 4.42 Å². The average molecular weight is 685 g/mol. The fourth-order valence-electron chi connectivity index (χ4n) is 8.28. The fourth-order valence-corrected chi connectivity index (χ4v) is 9.37. The summed E-state index contributed by atoms with van der Waals surface area (Å²) in [6.07, 6.45) is 17.2. The summed E-state index contributed by atoms with van der Waals surface area (Å²) in [6, 6.07) is 42.3. The monoisotopic (exact) mass is 684 g/mol. The van der Waals surface area contributed by atoms with E-state index >= 15 is 0 Å². The zero-order valence-corrected chi connectivity index (χ0v) is 29.2. The van der Waals surface area contributed by atoms with Crippen molar-refractivity contribution in [2.45, 2.75) is 12.8 Å². The Kier molecular flexibility index (Phi) is 6.40. The molecule has 0 spiro atoms. The molecule has 0 amide bonds. The molecule has 3 nitrogen and oxygen atoms in total. The van der Waals surface area contributed by atoms with Gasteiger partial charge in [-0.15, -0.1) is 11.3 Å². The summed E-state index contributed by atoms with van der Waals surface area (Å²) >= 11 is 1.86. The Bertz CT molecular complexity index is 3100. The molecule has 11 rings (SSSR count). The highest BCUT2D eigenvalue weighted by molar-refractivity contribution is 7.25. The van der Waals surface area contributed by atoms with Crippen molar-refractivity contribution in [2.75, 3.05) is 4.90 Å². The second kappa shape index (κ2) is 11.3. The molecule has 0 saturated carbocycles. The fraction of sp³-hybridized carbons (Fsp3) is 0.0417. The molecule has 0 radical (unpaired) electrons. The number of hydrogen-bond donors (Lipinski definition) is 0. The molecular formula is C48H32N2OS. The van der Waals surface area contributed by atoms with E-state index in [2.05, 4.69) is 174 Å². The minimum Gasteiger partial charge on any atom is -0.455 e. The standard InChI is InChI=1S/C48H32N2OS/c1-30-11-9-10-26-49(33-12-3-2-4-13-33)43-23-21-37-39-29-34(20-24-44(39)51-48(37)47(30)43)50-41-16-7-5-14-35(41)38-27-31(18-22-42(38)50)32-19-25-46-40(28-32)36-15-6-8-17-45(36)52-46/h3,5-29H,1-2,4H2/b11-9-,26-10-. The number of para-hydroxylation sites is 1. The minimum absolute atomic E-state index is 0.863. The molecule has 4 heterocycles. The van der Waals surface area contributed by atoms with Gasteiger partial charge in [0.1, 0.15) is 11.2 Å². The van der Waals surface area contributed by atoms with Gasteiger partial charge in [-0.25, -0.2) is 0 Å². The number of allylic oxidation sites excluding steroid dienone is 7. The molecule has 0 saturated heterocycles. The number of hydrogen-bond acceptors (Lipinski definition) is 3. The predicted molar refractivity (Wildman–Crippen MR) is 223 cm³/mol. The average Bonchev–Trinajstić information content (AvgIpc) is 3.85. The molecular weight excluding hydrogens is 653 g/mol. The van der Waals surface area contributed by atoms with Crippen LogP contribution in [0.15, 0.2) is 175 Å². The maximum Gasteiger partial charge on any atom is 0.145 e. The van der Waals surface area contributed by atoms with Crippen LogP contribution in [-0.4, -0.2) is 4.57 Å². The molecule has 4 heteroatoms. The third-order valence-electron chi connectivity index (χ3n) is 10.7. The van der Waals surface area contributed by atoms with Crippen molar-refractivity contribution in [2.24, 2.45) is 0 Å². The number of nitrogens with zero attached hydrogens (tertiary/aromatic N) is 2. The number of furan rings is 1. The maximum absolute atomic E-state index is 6.73. The summed E-state index contributed by atoms with van der Waals surface area (Å²) in [7, 11) is 0. The molecule has 1 aliphatic carbocycles. The first kappa shape index (κ1) is 29.4. The van der Waals surface area contributed by atoms with Gasteiger partial charge >= 0.3 is 0 Å². The van der Waals surface area contributed by atoms with E-state index in [1.165, 1.54) is 58.8 Å². The Morgan fingerprint density at radius 3 is 2.33 bits per heavy atom. The van der Waals surface area contributed by atoms with Crippen LogP contribution in [0, 0.1) is 0 Å². The number of thiophene rings is 1. The zero-order chi connectivity index (χ0) is 34.3. The summed E-state index contributed by atoms with van der Waals surface area (Å²) in [4.78, 5) is 2.25. The first-order valence-corrected chi connectivity index (χ1v) is 18.7. The number of rotatable bonds is 3. The molecule has 0 atom stereocenters. The lowest BCUT2D eigenvalue weighted by molar-refractivity contribution is 0.667. The van der Waals surface area contributed by atoms with Crippen molar-refractivity contribution in [3.05, 3.63) is 176 Å². The van der Waals surface area contributed by atoms with Gasteiger partial charge in [-0.2, -0.15) is 0 Å². The predicted octanol–water partition coefficient (Wildman–Crippen LogP) is 13.9. The molecule has 52 heavy (non-hydrogen) atoms. The van der Waals surface area contributed by atoms with Gasteiger partial charge in [0, 0.05) is 64.9 Å². The third kappa shape index (κ3) is 4.38. The van der Waals surface area contributed by atoms with Gasteiger partial charge in [-0.1, -0.05) is 79.4 Å². The molecule has 246 valence electrons. The van der Waals surface area contributed by atoms with Crippen molar-refractivity contribution in [3.8, 4) is 16.8 Å². The van der Waals surface area contributed by atoms with Crippen LogP contribution in [0.1, 0.15) is 18.4 Å². The van der Waals surface area contributed by atoms with Crippen molar-refractivity contribution in [1.29, 1.82) is 0 Å². The van der Waals surface area contributed by atoms with Crippen LogP contribution in [0.4, 0.5) is 5.69 Å². The lowest BCUT2D eigenvalue weighted by Gasteiger charge is -2.27. The van der Waals surface area contributed by atoms with Crippen LogP contribution in [0.25, 0.3) is 86.3 Å². The summed E-state index contributed by atoms with van der Waals surface area (Å²) in [5.41, 5.74) is 11.8. The Balaban J connectivity index is 1.08. The molecule has 9 aromatic rings. The quantitative estimate of drug-likeness (QED) is 0.185. The van der Waals surface area contributed by atoms with Gasteiger partial charge in [0.15, 0.2) is 0 Å². The molecule has 1 aliphatic heterocycles. The van der Waals surface area contributed by atoms with E-state index in [-0.39, 0.29) is 0 Å². The number of benzene rings is 6. The molecule has 0 bridgehead atoms. The van der Waals surface area contributed by atoms with Crippen LogP contribution >= 0.6 is 11.3 Å². The van der Waals surface area contributed by atoms with Gasteiger partial charge in [0.2, 0.25) is 0 Å². The van der Waals surface area contributed by atoms with Gasteiger partial charge < -0.3 is 13.9 Å². The van der Waals surface area contributed by atoms with E-state index in [9.17, 15) is 0 Å². The van der Waals surface area contributed by atoms with E-state index in [0.29, 0.717) is 0 Å². The van der Waals surface area contributed by atoms with E-state index in [0.717, 1.165) is 57.3 Å². The maximum atomic E-state index is 6.73. The van der Waals surface area contributed by atoms with Crippen LogP contribution in [0.3, 0.4) is 0 Å². The highest BCUT2D eigenvalue weighted by atomic mass is 32.1. The number of fused-ring (bicyclic) bond motifs is 11. The number of anilines is 1. The van der Waals surface area contributed by atoms with Crippen molar-refractivity contribution in [3.63, 3.8) is 0 Å². The van der Waals surface area contributed by atoms with E-state index in [1.807, 2.05) is 11.3 Å². The Hall–Kier alpha value is -6.36. The molecule has 3 aromatic heterocycles. The van der Waals surface area contributed by atoms with Gasteiger partial charge in [0.25, 0.3) is 0 Å². The topological polar surface area (TPSA) is 21.3 Å². The Morgan fingerprint density at radius 1 is 0.615 bits per heavy atom. The second-order valence-corrected chi connectivity index (χ2v) is 14.8. The molecule has 6 aromatic carbocycles. The highest BCUT2D eigenvalue weighted by Gasteiger charge is 2.22. The Labute approximate surface area is 304 Å². The smallest absolute Gasteiger partial charge is 0.145 e. The summed E-state index contributed by atoms with van der Waals surface area (Å²) in [6.45, 7) is 4.49. The minimum atomic E-state index is 0.863. The van der Waals surface area contributed by atoms with E-state index in [4.69, 9.17) is 4.42 Å². The van der Waals surface area contributed by atoms with Crippen molar-refractivity contribution in [1.82, 2.24) is 4.57 Å². The summed E-state index contributed by atoms with van der Waals surface area (Å²) in [5, 5.41) is 7.30. The normalized spacial score (nSPS) is 15.9. The lowest BCUT2D eigenvalue weighted by atomic mass is 9.98. The highest BCUT2D eigenvalue weighted by Crippen LogP contribution is 2.43. The van der Waals surface area contributed by atoms with E-state index < -0.39 is 0 Å². The summed E-state index contributed by atoms with van der Waals surface area (Å²) in [5.74, 6) is 0. The van der Waals surface area contributed by atoms with Crippen LogP contribution in [0.2, 0.25) is 0 Å². The van der Waals surface area contributed by atoms with Gasteiger partial charge in [-0.05, 0) is 108 Å². The van der Waals surface area contributed by atoms with E-state index in [1.54, 1.807) is 0 Å². The zero-order valence-electron chi connectivity index (χ0n) is 28.3. The molecule has 0 fully saturated rings. The summed E-state index contributed by atoms with van der Waals surface area (Å²) < 4.78 is 11.8. The SMILES string of the molecule is C=C1/C=C\C=C/N(C2=CCCC=C2)c2ccc3c(oc4ccc(-n5c6ccccc6c6cc(-c7ccc8sc9ccccc9c8c7)ccc65)cc43)c21. The Morgan fingerprint density at radius 2 is 1.42 bits per heavy atom. The second-order valence-electron chi connectivity index (χ2n) is 13.7. The van der Waals surface area contributed by atoms with Gasteiger partial charge in [0.05, 0.1) is 16.7 Å². The van der Waals surface area contributed by atoms with Gasteiger partial charge in [-0.3, -0.25) is 0 Å². The molecule has 0 unspecified atom stereocenters. The molecule has 2 aliphatic rings. The van der Waals surface area contributed by atoms with Crippen LogP contribution in [-0.2, 0) is 0 Å². The van der Waals surface area contributed by atoms with Crippen LogP contribution in [0.5, 0.6) is 0 Å².